The zero-order chi connectivity index (χ0) is 12.8. The number of benzene rings is 1. The van der Waals surface area contributed by atoms with Crippen LogP contribution < -0.4 is 5.73 Å². The average molecular weight is 250 g/mol. The summed E-state index contributed by atoms with van der Waals surface area (Å²) in [5.41, 5.74) is 6.73. The van der Waals surface area contributed by atoms with E-state index in [1.54, 1.807) is 24.3 Å². The summed E-state index contributed by atoms with van der Waals surface area (Å²) in [5.74, 6) is -0.303. The molecule has 0 radical (unpaired) electrons. The van der Waals surface area contributed by atoms with Crippen molar-refractivity contribution >= 4 is 11.7 Å². The summed E-state index contributed by atoms with van der Waals surface area (Å²) in [6, 6.07) is 6.73. The van der Waals surface area contributed by atoms with Gasteiger partial charge in [-0.15, -0.1) is 0 Å². The maximum Gasteiger partial charge on any atom is 0.338 e. The van der Waals surface area contributed by atoms with Crippen molar-refractivity contribution in [1.82, 2.24) is 4.90 Å². The van der Waals surface area contributed by atoms with Crippen molar-refractivity contribution in [2.75, 3.05) is 45.2 Å². The van der Waals surface area contributed by atoms with Crippen molar-refractivity contribution in [3.8, 4) is 0 Å². The van der Waals surface area contributed by atoms with E-state index in [4.69, 9.17) is 15.2 Å². The highest BCUT2D eigenvalue weighted by Crippen LogP contribution is 2.07. The first-order valence-corrected chi connectivity index (χ1v) is 6.08. The van der Waals surface area contributed by atoms with E-state index in [1.165, 1.54) is 0 Å². The molecule has 0 spiro atoms. The number of morpholine rings is 1. The SMILES string of the molecule is Nc1ccc(C(=O)OCCN2CCOCC2)cc1. The Bertz CT molecular complexity index is 386. The fraction of sp³-hybridized carbons (Fsp3) is 0.462. The molecule has 5 heteroatoms. The van der Waals surface area contributed by atoms with E-state index in [9.17, 15) is 4.79 Å². The summed E-state index contributed by atoms with van der Waals surface area (Å²) in [6.07, 6.45) is 0. The molecule has 1 aliphatic heterocycles. The third-order valence-electron chi connectivity index (χ3n) is 2.89. The van der Waals surface area contributed by atoms with Crippen LogP contribution in [0.1, 0.15) is 10.4 Å². The van der Waals surface area contributed by atoms with Crippen molar-refractivity contribution in [2.24, 2.45) is 0 Å². The number of anilines is 1. The van der Waals surface area contributed by atoms with Crippen molar-refractivity contribution in [3.05, 3.63) is 29.8 Å². The monoisotopic (exact) mass is 250 g/mol. The van der Waals surface area contributed by atoms with Gasteiger partial charge in [0.25, 0.3) is 0 Å². The first-order chi connectivity index (χ1) is 8.75. The smallest absolute Gasteiger partial charge is 0.338 e. The van der Waals surface area contributed by atoms with Gasteiger partial charge >= 0.3 is 5.97 Å². The topological polar surface area (TPSA) is 64.8 Å². The number of hydrogen-bond donors (Lipinski definition) is 1. The normalized spacial score (nSPS) is 16.4. The highest BCUT2D eigenvalue weighted by atomic mass is 16.5. The number of rotatable bonds is 4. The number of ether oxygens (including phenoxy) is 2. The predicted molar refractivity (Wildman–Crippen MR) is 68.4 cm³/mol. The summed E-state index contributed by atoms with van der Waals surface area (Å²) in [7, 11) is 0. The number of nitrogens with zero attached hydrogens (tertiary/aromatic N) is 1. The molecule has 18 heavy (non-hydrogen) atoms. The van der Waals surface area contributed by atoms with E-state index in [0.717, 1.165) is 32.8 Å². The average Bonchev–Trinajstić information content (AvgIpc) is 2.40. The van der Waals surface area contributed by atoms with Crippen molar-refractivity contribution in [2.45, 2.75) is 0 Å². The van der Waals surface area contributed by atoms with E-state index >= 15 is 0 Å². The van der Waals surface area contributed by atoms with Crippen molar-refractivity contribution in [1.29, 1.82) is 0 Å². The second kappa shape index (κ2) is 6.37. The fourth-order valence-corrected chi connectivity index (χ4v) is 1.79. The molecule has 0 bridgehead atoms. The molecular weight excluding hydrogens is 232 g/mol. The zero-order valence-corrected chi connectivity index (χ0v) is 10.3. The molecule has 1 aromatic carbocycles. The number of hydrogen-bond acceptors (Lipinski definition) is 5. The highest BCUT2D eigenvalue weighted by molar-refractivity contribution is 5.89. The van der Waals surface area contributed by atoms with Crippen LogP contribution >= 0.6 is 0 Å². The molecule has 1 aliphatic rings. The standard InChI is InChI=1S/C13H18N2O3/c14-12-3-1-11(2-4-12)13(16)18-10-7-15-5-8-17-9-6-15/h1-4H,5-10,14H2. The summed E-state index contributed by atoms with van der Waals surface area (Å²) >= 11 is 0. The van der Waals surface area contributed by atoms with Gasteiger partial charge in [-0.3, -0.25) is 4.90 Å². The first-order valence-electron chi connectivity index (χ1n) is 6.08. The molecule has 0 saturated carbocycles. The Morgan fingerprint density at radius 2 is 1.94 bits per heavy atom. The molecule has 1 aromatic rings. The quantitative estimate of drug-likeness (QED) is 0.631. The maximum absolute atomic E-state index is 11.7. The van der Waals surface area contributed by atoms with Gasteiger partial charge in [-0.25, -0.2) is 4.79 Å². The third kappa shape index (κ3) is 3.72. The van der Waals surface area contributed by atoms with Gasteiger partial charge in [-0.1, -0.05) is 0 Å². The van der Waals surface area contributed by atoms with Crippen LogP contribution in [-0.4, -0.2) is 50.3 Å². The van der Waals surface area contributed by atoms with Gasteiger partial charge < -0.3 is 15.2 Å². The number of carbonyl (C=O) groups excluding carboxylic acids is 1. The van der Waals surface area contributed by atoms with Crippen LogP contribution in [0.2, 0.25) is 0 Å². The molecule has 0 aliphatic carbocycles. The van der Waals surface area contributed by atoms with E-state index in [-0.39, 0.29) is 5.97 Å². The molecular formula is C13H18N2O3. The minimum Gasteiger partial charge on any atom is -0.461 e. The molecule has 5 nitrogen and oxygen atoms in total. The number of nitrogens with two attached hydrogens (primary N) is 1. The largest absolute Gasteiger partial charge is 0.461 e. The third-order valence-corrected chi connectivity index (χ3v) is 2.89. The summed E-state index contributed by atoms with van der Waals surface area (Å²) in [6.45, 7) is 4.48. The lowest BCUT2D eigenvalue weighted by Gasteiger charge is -2.26. The van der Waals surface area contributed by atoms with Crippen LogP contribution in [0.3, 0.4) is 0 Å². The summed E-state index contributed by atoms with van der Waals surface area (Å²) in [5, 5.41) is 0. The van der Waals surface area contributed by atoms with E-state index < -0.39 is 0 Å². The van der Waals surface area contributed by atoms with E-state index in [0.29, 0.717) is 17.9 Å². The number of esters is 1. The van der Waals surface area contributed by atoms with Crippen LogP contribution in [0, 0.1) is 0 Å². The Morgan fingerprint density at radius 1 is 1.28 bits per heavy atom. The number of nitrogen functional groups attached to an aromatic ring is 1. The van der Waals surface area contributed by atoms with Gasteiger partial charge in [0, 0.05) is 25.3 Å². The van der Waals surface area contributed by atoms with Gasteiger partial charge in [0.2, 0.25) is 0 Å². The lowest BCUT2D eigenvalue weighted by molar-refractivity contribution is 0.0195. The van der Waals surface area contributed by atoms with Crippen molar-refractivity contribution < 1.29 is 14.3 Å². The minimum atomic E-state index is -0.303. The molecule has 1 heterocycles. The molecule has 0 atom stereocenters. The Kier molecular flexibility index (Phi) is 4.55. The Labute approximate surface area is 106 Å². The predicted octanol–water partition coefficient (Wildman–Crippen LogP) is 0.758. The van der Waals surface area contributed by atoms with Crippen LogP contribution in [0.5, 0.6) is 0 Å². The summed E-state index contributed by atoms with van der Waals surface area (Å²) < 4.78 is 10.5. The van der Waals surface area contributed by atoms with Gasteiger partial charge in [0.05, 0.1) is 18.8 Å². The number of carbonyl (C=O) groups is 1. The second-order valence-electron chi connectivity index (χ2n) is 4.21. The summed E-state index contributed by atoms with van der Waals surface area (Å²) in [4.78, 5) is 13.9. The van der Waals surface area contributed by atoms with Gasteiger partial charge in [0.1, 0.15) is 6.61 Å². The van der Waals surface area contributed by atoms with Gasteiger partial charge in [0.15, 0.2) is 0 Å². The minimum absolute atomic E-state index is 0.303. The molecule has 2 rings (SSSR count). The van der Waals surface area contributed by atoms with E-state index in [2.05, 4.69) is 4.90 Å². The van der Waals surface area contributed by atoms with Gasteiger partial charge in [-0.05, 0) is 24.3 Å². The Hall–Kier alpha value is -1.59. The Morgan fingerprint density at radius 3 is 2.61 bits per heavy atom. The Balaban J connectivity index is 1.72. The van der Waals surface area contributed by atoms with E-state index in [1.807, 2.05) is 0 Å². The molecule has 0 unspecified atom stereocenters. The van der Waals surface area contributed by atoms with Crippen LogP contribution in [0.15, 0.2) is 24.3 Å². The van der Waals surface area contributed by atoms with Crippen LogP contribution in [0.4, 0.5) is 5.69 Å². The highest BCUT2D eigenvalue weighted by Gasteiger charge is 2.11. The molecule has 0 amide bonds. The van der Waals surface area contributed by atoms with Gasteiger partial charge in [-0.2, -0.15) is 0 Å². The fourth-order valence-electron chi connectivity index (χ4n) is 1.79. The van der Waals surface area contributed by atoms with Crippen LogP contribution in [-0.2, 0) is 9.47 Å². The lowest BCUT2D eigenvalue weighted by atomic mass is 10.2. The molecule has 0 aromatic heterocycles. The molecule has 2 N–H and O–H groups in total. The molecule has 1 fully saturated rings. The maximum atomic E-state index is 11.7. The zero-order valence-electron chi connectivity index (χ0n) is 10.3. The van der Waals surface area contributed by atoms with Crippen LogP contribution in [0.25, 0.3) is 0 Å². The first kappa shape index (κ1) is 12.9. The van der Waals surface area contributed by atoms with Crippen molar-refractivity contribution in [3.63, 3.8) is 0 Å². The molecule has 1 saturated heterocycles. The second-order valence-corrected chi connectivity index (χ2v) is 4.21. The molecule has 98 valence electrons. The lowest BCUT2D eigenvalue weighted by Crippen LogP contribution is -2.38.